The summed E-state index contributed by atoms with van der Waals surface area (Å²) in [6, 6.07) is 4.30. The number of esters is 1. The van der Waals surface area contributed by atoms with E-state index in [4.69, 9.17) is 10.5 Å². The molecule has 7 heteroatoms. The number of benzene rings is 1. The minimum Gasteiger partial charge on any atom is -0.465 e. The van der Waals surface area contributed by atoms with E-state index < -0.39 is 17.9 Å². The molecular weight excluding hydrogens is 262 g/mol. The first-order valence-electron chi connectivity index (χ1n) is 6.03. The Balaban J connectivity index is 2.97. The van der Waals surface area contributed by atoms with E-state index in [1.54, 1.807) is 18.2 Å². The van der Waals surface area contributed by atoms with Gasteiger partial charge in [-0.25, -0.2) is 9.59 Å². The summed E-state index contributed by atoms with van der Waals surface area (Å²) < 4.78 is 4.72. The number of ether oxygens (including phenoxy) is 1. The number of amides is 3. The zero-order valence-corrected chi connectivity index (χ0v) is 11.4. The lowest BCUT2D eigenvalue weighted by molar-refractivity contribution is -0.115. The summed E-state index contributed by atoms with van der Waals surface area (Å²) >= 11 is 0. The molecule has 0 radical (unpaired) electrons. The molecule has 1 aromatic rings. The monoisotopic (exact) mass is 279 g/mol. The number of carbonyl (C=O) groups is 3. The quantitative estimate of drug-likeness (QED) is 0.687. The van der Waals surface area contributed by atoms with Gasteiger partial charge in [-0.1, -0.05) is 19.1 Å². The molecule has 20 heavy (non-hydrogen) atoms. The Morgan fingerprint density at radius 3 is 2.55 bits per heavy atom. The van der Waals surface area contributed by atoms with Crippen LogP contribution in [-0.4, -0.2) is 31.6 Å². The Bertz CT molecular complexity index is 528. The van der Waals surface area contributed by atoms with Gasteiger partial charge >= 0.3 is 12.0 Å². The van der Waals surface area contributed by atoms with Crippen LogP contribution in [0.5, 0.6) is 0 Å². The number of carbonyl (C=O) groups excluding carboxylic acids is 3. The first kappa shape index (κ1) is 15.5. The molecule has 4 N–H and O–H groups in total. The predicted molar refractivity (Wildman–Crippen MR) is 73.4 cm³/mol. The predicted octanol–water partition coefficient (Wildman–Crippen LogP) is 0.642. The summed E-state index contributed by atoms with van der Waals surface area (Å²) in [5, 5.41) is 4.71. The maximum absolute atomic E-state index is 11.8. The van der Waals surface area contributed by atoms with Crippen molar-refractivity contribution in [2.24, 2.45) is 5.73 Å². The molecule has 0 fully saturated rings. The van der Waals surface area contributed by atoms with Gasteiger partial charge in [0.15, 0.2) is 0 Å². The highest BCUT2D eigenvalue weighted by atomic mass is 16.5. The van der Waals surface area contributed by atoms with Crippen molar-refractivity contribution in [2.45, 2.75) is 13.3 Å². The maximum Gasteiger partial charge on any atom is 0.340 e. The molecule has 0 aliphatic heterocycles. The SMILES string of the molecule is CCc1cccc(NC(=O)CNC(N)=O)c1C(=O)OC. The Morgan fingerprint density at radius 1 is 1.30 bits per heavy atom. The van der Waals surface area contributed by atoms with E-state index >= 15 is 0 Å². The molecule has 0 aliphatic carbocycles. The Kier molecular flexibility index (Phi) is 5.52. The summed E-state index contributed by atoms with van der Waals surface area (Å²) in [6.45, 7) is 1.62. The number of rotatable bonds is 5. The minimum absolute atomic E-state index is 0.272. The van der Waals surface area contributed by atoms with Crippen LogP contribution >= 0.6 is 0 Å². The van der Waals surface area contributed by atoms with Crippen molar-refractivity contribution in [3.05, 3.63) is 29.3 Å². The minimum atomic E-state index is -0.796. The van der Waals surface area contributed by atoms with Crippen LogP contribution in [0.3, 0.4) is 0 Å². The van der Waals surface area contributed by atoms with E-state index in [1.165, 1.54) is 7.11 Å². The molecule has 0 saturated heterocycles. The summed E-state index contributed by atoms with van der Waals surface area (Å²) in [4.78, 5) is 34.0. The van der Waals surface area contributed by atoms with Gasteiger partial charge in [-0.2, -0.15) is 0 Å². The van der Waals surface area contributed by atoms with Crippen LogP contribution < -0.4 is 16.4 Å². The van der Waals surface area contributed by atoms with Crippen molar-refractivity contribution in [3.8, 4) is 0 Å². The van der Waals surface area contributed by atoms with Crippen molar-refractivity contribution in [1.82, 2.24) is 5.32 Å². The number of hydrogen-bond acceptors (Lipinski definition) is 4. The molecule has 108 valence electrons. The van der Waals surface area contributed by atoms with Gasteiger partial charge in [0.05, 0.1) is 24.9 Å². The molecule has 0 unspecified atom stereocenters. The van der Waals surface area contributed by atoms with Gasteiger partial charge in [-0.05, 0) is 18.1 Å². The number of hydrogen-bond donors (Lipinski definition) is 3. The summed E-state index contributed by atoms with van der Waals surface area (Å²) in [7, 11) is 1.27. The molecule has 0 aromatic heterocycles. The van der Waals surface area contributed by atoms with E-state index in [0.29, 0.717) is 17.7 Å². The lowest BCUT2D eigenvalue weighted by atomic mass is 10.0. The molecule has 7 nitrogen and oxygen atoms in total. The second-order valence-corrected chi connectivity index (χ2v) is 3.95. The van der Waals surface area contributed by atoms with Crippen LogP contribution in [0.2, 0.25) is 0 Å². The van der Waals surface area contributed by atoms with Crippen LogP contribution in [0.25, 0.3) is 0 Å². The number of nitrogens with one attached hydrogen (secondary N) is 2. The molecule has 0 heterocycles. The summed E-state index contributed by atoms with van der Waals surface area (Å²) in [5.74, 6) is -1.01. The molecule has 0 aliphatic rings. The van der Waals surface area contributed by atoms with Gasteiger partial charge in [0.2, 0.25) is 5.91 Å². The highest BCUT2D eigenvalue weighted by Gasteiger charge is 2.17. The van der Waals surface area contributed by atoms with Crippen molar-refractivity contribution in [1.29, 1.82) is 0 Å². The largest absolute Gasteiger partial charge is 0.465 e. The molecule has 0 atom stereocenters. The average molecular weight is 279 g/mol. The highest BCUT2D eigenvalue weighted by Crippen LogP contribution is 2.21. The third-order valence-electron chi connectivity index (χ3n) is 2.62. The number of aryl methyl sites for hydroxylation is 1. The van der Waals surface area contributed by atoms with Crippen molar-refractivity contribution in [2.75, 3.05) is 19.0 Å². The number of urea groups is 1. The van der Waals surface area contributed by atoms with Crippen molar-refractivity contribution >= 4 is 23.6 Å². The molecule has 1 aromatic carbocycles. The first-order valence-corrected chi connectivity index (χ1v) is 6.03. The molecular formula is C13H17N3O4. The Morgan fingerprint density at radius 2 is 2.00 bits per heavy atom. The molecule has 1 rings (SSSR count). The number of nitrogens with two attached hydrogens (primary N) is 1. The lowest BCUT2D eigenvalue weighted by Gasteiger charge is -2.13. The summed E-state index contributed by atoms with van der Waals surface area (Å²) in [6.07, 6.45) is 0.619. The van der Waals surface area contributed by atoms with Gasteiger partial charge in [0, 0.05) is 0 Å². The lowest BCUT2D eigenvalue weighted by Crippen LogP contribution is -2.36. The Labute approximate surface area is 116 Å². The molecule has 0 bridgehead atoms. The van der Waals surface area contributed by atoms with Crippen molar-refractivity contribution < 1.29 is 19.1 Å². The van der Waals surface area contributed by atoms with E-state index in [-0.39, 0.29) is 6.54 Å². The number of methoxy groups -OCH3 is 1. The van der Waals surface area contributed by atoms with E-state index in [1.807, 2.05) is 6.92 Å². The first-order chi connectivity index (χ1) is 9.49. The van der Waals surface area contributed by atoms with Crippen molar-refractivity contribution in [3.63, 3.8) is 0 Å². The van der Waals surface area contributed by atoms with Gasteiger partial charge in [0.25, 0.3) is 0 Å². The van der Waals surface area contributed by atoms with E-state index in [9.17, 15) is 14.4 Å². The smallest absolute Gasteiger partial charge is 0.340 e. The second kappa shape index (κ2) is 7.13. The Hall–Kier alpha value is -2.57. The standard InChI is InChI=1S/C13H17N3O4/c1-3-8-5-4-6-9(11(8)12(18)20-2)16-10(17)7-15-13(14)19/h4-6H,3,7H2,1-2H3,(H,16,17)(H3,14,15,19). The molecule has 0 spiro atoms. The molecule has 3 amide bonds. The van der Waals surface area contributed by atoms with Gasteiger partial charge in [-0.15, -0.1) is 0 Å². The van der Waals surface area contributed by atoms with Crippen LogP contribution in [0.15, 0.2) is 18.2 Å². The zero-order chi connectivity index (χ0) is 15.1. The van der Waals surface area contributed by atoms with Gasteiger partial charge in [-0.3, -0.25) is 4.79 Å². The third-order valence-corrected chi connectivity index (χ3v) is 2.62. The third kappa shape index (κ3) is 3.98. The molecule has 0 saturated carbocycles. The van der Waals surface area contributed by atoms with Crippen LogP contribution in [-0.2, 0) is 16.0 Å². The summed E-state index contributed by atoms with van der Waals surface area (Å²) in [5.41, 5.74) is 6.29. The van der Waals surface area contributed by atoms with Crippen LogP contribution in [0.1, 0.15) is 22.8 Å². The highest BCUT2D eigenvalue weighted by molar-refractivity contribution is 6.03. The average Bonchev–Trinajstić information content (AvgIpc) is 2.44. The fourth-order valence-corrected chi connectivity index (χ4v) is 1.70. The number of primary amides is 1. The zero-order valence-electron chi connectivity index (χ0n) is 11.4. The van der Waals surface area contributed by atoms with Crippen LogP contribution in [0, 0.1) is 0 Å². The van der Waals surface area contributed by atoms with E-state index in [2.05, 4.69) is 10.6 Å². The number of anilines is 1. The van der Waals surface area contributed by atoms with Gasteiger partial charge in [0.1, 0.15) is 0 Å². The van der Waals surface area contributed by atoms with E-state index in [0.717, 1.165) is 5.56 Å². The maximum atomic E-state index is 11.8. The van der Waals surface area contributed by atoms with Gasteiger partial charge < -0.3 is 21.1 Å². The van der Waals surface area contributed by atoms with Crippen LogP contribution in [0.4, 0.5) is 10.5 Å². The normalized spacial score (nSPS) is 9.70. The fourth-order valence-electron chi connectivity index (χ4n) is 1.70. The fraction of sp³-hybridized carbons (Fsp3) is 0.308. The second-order valence-electron chi connectivity index (χ2n) is 3.95. The topological polar surface area (TPSA) is 111 Å².